The summed E-state index contributed by atoms with van der Waals surface area (Å²) in [6.45, 7) is 0.606. The third-order valence-electron chi connectivity index (χ3n) is 4.25. The van der Waals surface area contributed by atoms with Crippen molar-refractivity contribution in [3.63, 3.8) is 0 Å². The molecule has 6 heteroatoms. The van der Waals surface area contributed by atoms with Crippen molar-refractivity contribution < 1.29 is 23.5 Å². The quantitative estimate of drug-likeness (QED) is 0.874. The fraction of sp³-hybridized carbons (Fsp3) is 0.529. The van der Waals surface area contributed by atoms with Crippen molar-refractivity contribution in [2.45, 2.75) is 51.0 Å². The van der Waals surface area contributed by atoms with Crippen molar-refractivity contribution in [3.05, 3.63) is 35.4 Å². The number of piperidine rings is 1. The van der Waals surface area contributed by atoms with Crippen molar-refractivity contribution in [1.29, 1.82) is 0 Å². The number of carboxylic acids is 1. The van der Waals surface area contributed by atoms with Crippen LogP contribution < -0.4 is 0 Å². The van der Waals surface area contributed by atoms with Crippen LogP contribution in [-0.2, 0) is 16.0 Å². The van der Waals surface area contributed by atoms with Crippen molar-refractivity contribution in [1.82, 2.24) is 4.90 Å². The molecule has 2 rings (SSSR count). The summed E-state index contributed by atoms with van der Waals surface area (Å²) in [5, 5.41) is 8.80. The van der Waals surface area contributed by atoms with Crippen molar-refractivity contribution in [3.8, 4) is 0 Å². The first kappa shape index (κ1) is 17.4. The van der Waals surface area contributed by atoms with Gasteiger partial charge in [-0.1, -0.05) is 0 Å². The molecule has 1 amide bonds. The van der Waals surface area contributed by atoms with Crippen LogP contribution in [0.25, 0.3) is 0 Å². The van der Waals surface area contributed by atoms with Crippen LogP contribution >= 0.6 is 0 Å². The number of carboxylic acid groups (broad SMARTS) is 1. The van der Waals surface area contributed by atoms with Crippen LogP contribution in [0.4, 0.5) is 8.78 Å². The van der Waals surface area contributed by atoms with E-state index < -0.39 is 17.6 Å². The molecule has 1 aliphatic rings. The molecule has 4 nitrogen and oxygen atoms in total. The normalized spacial score (nSPS) is 18.0. The Labute approximate surface area is 134 Å². The lowest BCUT2D eigenvalue weighted by Gasteiger charge is -2.35. The first-order valence-electron chi connectivity index (χ1n) is 7.92. The highest BCUT2D eigenvalue weighted by molar-refractivity contribution is 5.77. The summed E-state index contributed by atoms with van der Waals surface area (Å²) in [4.78, 5) is 24.8. The second kappa shape index (κ2) is 8.04. The average Bonchev–Trinajstić information content (AvgIpc) is 2.53. The van der Waals surface area contributed by atoms with Crippen LogP contribution in [0.3, 0.4) is 0 Å². The molecule has 0 bridgehead atoms. The number of aliphatic carboxylic acids is 1. The number of benzene rings is 1. The molecule has 0 radical (unpaired) electrons. The topological polar surface area (TPSA) is 57.6 Å². The number of carbonyl (C=O) groups is 2. The number of aryl methyl sites for hydroxylation is 1. The molecule has 1 heterocycles. The second-order valence-corrected chi connectivity index (χ2v) is 5.90. The van der Waals surface area contributed by atoms with Gasteiger partial charge in [0.15, 0.2) is 0 Å². The smallest absolute Gasteiger partial charge is 0.303 e. The maximum absolute atomic E-state index is 13.6. The second-order valence-electron chi connectivity index (χ2n) is 5.90. The van der Waals surface area contributed by atoms with Crippen LogP contribution in [-0.4, -0.2) is 34.5 Å². The summed E-state index contributed by atoms with van der Waals surface area (Å²) < 4.78 is 26.7. The number of hydrogen-bond donors (Lipinski definition) is 1. The third kappa shape index (κ3) is 5.01. The van der Waals surface area contributed by atoms with Gasteiger partial charge >= 0.3 is 5.97 Å². The van der Waals surface area contributed by atoms with E-state index in [0.717, 1.165) is 37.5 Å². The molecule has 0 aromatic heterocycles. The molecule has 0 saturated carbocycles. The van der Waals surface area contributed by atoms with Crippen LogP contribution in [0, 0.1) is 11.6 Å². The summed E-state index contributed by atoms with van der Waals surface area (Å²) in [6, 6.07) is 3.16. The molecule has 0 aliphatic carbocycles. The summed E-state index contributed by atoms with van der Waals surface area (Å²) in [7, 11) is 0. The Bertz CT molecular complexity index is 577. The minimum Gasteiger partial charge on any atom is -0.481 e. The minimum absolute atomic E-state index is 0.0347. The van der Waals surface area contributed by atoms with Crippen LogP contribution in [0.15, 0.2) is 18.2 Å². The Hall–Kier alpha value is -1.98. The van der Waals surface area contributed by atoms with Crippen molar-refractivity contribution >= 4 is 11.9 Å². The van der Waals surface area contributed by atoms with E-state index in [1.54, 1.807) is 4.90 Å². The highest BCUT2D eigenvalue weighted by Crippen LogP contribution is 2.22. The van der Waals surface area contributed by atoms with Gasteiger partial charge in [0.1, 0.15) is 11.6 Å². The Morgan fingerprint density at radius 3 is 2.74 bits per heavy atom. The molecule has 126 valence electrons. The zero-order valence-corrected chi connectivity index (χ0v) is 12.9. The Kier molecular flexibility index (Phi) is 6.07. The van der Waals surface area contributed by atoms with Gasteiger partial charge < -0.3 is 10.0 Å². The van der Waals surface area contributed by atoms with Gasteiger partial charge in [-0.05, 0) is 55.9 Å². The molecule has 23 heavy (non-hydrogen) atoms. The SMILES string of the molecule is O=C(O)CCC1CCCCN1C(=O)CCc1cc(F)ccc1F. The maximum Gasteiger partial charge on any atom is 0.303 e. The standard InChI is InChI=1S/C17H21F2NO3/c18-13-5-7-15(19)12(11-13)4-8-16(21)20-10-2-1-3-14(20)6-9-17(22)23/h5,7,11,14H,1-4,6,8-10H2,(H,22,23). The fourth-order valence-corrected chi connectivity index (χ4v) is 3.04. The molecule has 1 N–H and O–H groups in total. The van der Waals surface area contributed by atoms with Gasteiger partial charge in [0.2, 0.25) is 5.91 Å². The van der Waals surface area contributed by atoms with Gasteiger partial charge in [-0.2, -0.15) is 0 Å². The minimum atomic E-state index is -0.871. The van der Waals surface area contributed by atoms with E-state index in [0.29, 0.717) is 13.0 Å². The van der Waals surface area contributed by atoms with Gasteiger partial charge in [-0.15, -0.1) is 0 Å². The molecule has 1 unspecified atom stereocenters. The van der Waals surface area contributed by atoms with Gasteiger partial charge in [-0.3, -0.25) is 9.59 Å². The summed E-state index contributed by atoms with van der Waals surface area (Å²) in [5.41, 5.74) is 0.192. The molecule has 1 aliphatic heterocycles. The fourth-order valence-electron chi connectivity index (χ4n) is 3.04. The monoisotopic (exact) mass is 325 g/mol. The van der Waals surface area contributed by atoms with E-state index in [1.165, 1.54) is 0 Å². The van der Waals surface area contributed by atoms with E-state index in [4.69, 9.17) is 5.11 Å². The van der Waals surface area contributed by atoms with E-state index in [2.05, 4.69) is 0 Å². The first-order chi connectivity index (χ1) is 11.0. The number of nitrogens with zero attached hydrogens (tertiary/aromatic N) is 1. The lowest BCUT2D eigenvalue weighted by molar-refractivity contribution is -0.140. The van der Waals surface area contributed by atoms with E-state index >= 15 is 0 Å². The summed E-state index contributed by atoms with van der Waals surface area (Å²) >= 11 is 0. The molecular formula is C17H21F2NO3. The zero-order valence-electron chi connectivity index (χ0n) is 12.9. The zero-order chi connectivity index (χ0) is 16.8. The van der Waals surface area contributed by atoms with Gasteiger partial charge in [-0.25, -0.2) is 8.78 Å². The molecule has 0 spiro atoms. The number of likely N-dealkylation sites (tertiary alicyclic amines) is 1. The van der Waals surface area contributed by atoms with Gasteiger partial charge in [0.05, 0.1) is 0 Å². The Morgan fingerprint density at radius 1 is 1.22 bits per heavy atom. The van der Waals surface area contributed by atoms with Crippen LogP contribution in [0.5, 0.6) is 0 Å². The van der Waals surface area contributed by atoms with E-state index in [-0.39, 0.29) is 36.8 Å². The summed E-state index contributed by atoms with van der Waals surface area (Å²) in [6.07, 6.45) is 3.39. The van der Waals surface area contributed by atoms with Gasteiger partial charge in [0, 0.05) is 25.4 Å². The Balaban J connectivity index is 1.94. The number of carbonyl (C=O) groups excluding carboxylic acids is 1. The average molecular weight is 325 g/mol. The predicted molar refractivity (Wildman–Crippen MR) is 80.9 cm³/mol. The Morgan fingerprint density at radius 2 is 2.00 bits per heavy atom. The molecule has 1 fully saturated rings. The molecule has 1 aromatic rings. The highest BCUT2D eigenvalue weighted by Gasteiger charge is 2.26. The predicted octanol–water partition coefficient (Wildman–Crippen LogP) is 3.14. The number of rotatable bonds is 6. The third-order valence-corrected chi connectivity index (χ3v) is 4.25. The maximum atomic E-state index is 13.6. The lowest BCUT2D eigenvalue weighted by Crippen LogP contribution is -2.44. The highest BCUT2D eigenvalue weighted by atomic mass is 19.1. The first-order valence-corrected chi connectivity index (χ1v) is 7.92. The molecule has 1 aromatic carbocycles. The number of amides is 1. The molecular weight excluding hydrogens is 304 g/mol. The lowest BCUT2D eigenvalue weighted by atomic mass is 9.97. The molecule has 1 atom stereocenters. The van der Waals surface area contributed by atoms with E-state index in [9.17, 15) is 18.4 Å². The van der Waals surface area contributed by atoms with Crippen molar-refractivity contribution in [2.75, 3.05) is 6.54 Å². The van der Waals surface area contributed by atoms with E-state index in [1.807, 2.05) is 0 Å². The summed E-state index contributed by atoms with van der Waals surface area (Å²) in [5.74, 6) is -2.03. The molecule has 1 saturated heterocycles. The van der Waals surface area contributed by atoms with Crippen molar-refractivity contribution in [2.24, 2.45) is 0 Å². The van der Waals surface area contributed by atoms with Gasteiger partial charge in [0.25, 0.3) is 0 Å². The number of halogens is 2. The number of hydrogen-bond acceptors (Lipinski definition) is 2. The largest absolute Gasteiger partial charge is 0.481 e. The van der Waals surface area contributed by atoms with Crippen LogP contribution in [0.1, 0.15) is 44.1 Å². The van der Waals surface area contributed by atoms with Crippen LogP contribution in [0.2, 0.25) is 0 Å².